The number of aliphatic hydroxyl groups is 1. The molecule has 0 aliphatic carbocycles. The van der Waals surface area contributed by atoms with Gasteiger partial charge in [0.05, 0.1) is 6.61 Å². The number of rotatable bonds is 6. The van der Waals surface area contributed by atoms with E-state index in [1.165, 1.54) is 6.42 Å². The Labute approximate surface area is 76.6 Å². The normalized spacial score (nSPS) is 14.2. The molecule has 0 spiro atoms. The molecule has 0 aromatic carbocycles. The Morgan fingerprint density at radius 1 is 1.17 bits per heavy atom. The minimum Gasteiger partial charge on any atom is -0.395 e. The minimum atomic E-state index is 0.270. The van der Waals surface area contributed by atoms with E-state index in [2.05, 4.69) is 32.7 Å². The molecule has 0 aliphatic heterocycles. The summed E-state index contributed by atoms with van der Waals surface area (Å²) in [5, 5.41) is 8.67. The summed E-state index contributed by atoms with van der Waals surface area (Å²) in [4.78, 5) is 2.18. The maximum Gasteiger partial charge on any atom is 0.0558 e. The lowest BCUT2D eigenvalue weighted by Crippen LogP contribution is -2.25. The average molecular weight is 173 g/mol. The quantitative estimate of drug-likeness (QED) is 0.659. The van der Waals surface area contributed by atoms with Crippen LogP contribution in [0.5, 0.6) is 0 Å². The molecule has 0 bridgehead atoms. The summed E-state index contributed by atoms with van der Waals surface area (Å²) in [6, 6.07) is 0. The third-order valence-corrected chi connectivity index (χ3v) is 2.59. The van der Waals surface area contributed by atoms with Crippen molar-refractivity contribution in [3.05, 3.63) is 0 Å². The second-order valence-electron chi connectivity index (χ2n) is 4.04. The molecule has 12 heavy (non-hydrogen) atoms. The van der Waals surface area contributed by atoms with Gasteiger partial charge in [0, 0.05) is 6.54 Å². The van der Waals surface area contributed by atoms with Crippen LogP contribution in [0.3, 0.4) is 0 Å². The largest absolute Gasteiger partial charge is 0.395 e. The summed E-state index contributed by atoms with van der Waals surface area (Å²) in [5.41, 5.74) is 0. The lowest BCUT2D eigenvalue weighted by molar-refractivity contribution is 0.208. The topological polar surface area (TPSA) is 23.5 Å². The van der Waals surface area contributed by atoms with Crippen LogP contribution in [0.1, 0.15) is 27.2 Å². The molecule has 0 aliphatic rings. The van der Waals surface area contributed by atoms with Crippen molar-refractivity contribution in [2.75, 3.05) is 26.7 Å². The van der Waals surface area contributed by atoms with Crippen LogP contribution in [0.4, 0.5) is 0 Å². The average Bonchev–Trinajstić information content (AvgIpc) is 2.00. The molecule has 0 saturated carbocycles. The first kappa shape index (κ1) is 11.9. The predicted molar refractivity (Wildman–Crippen MR) is 53.2 cm³/mol. The fourth-order valence-corrected chi connectivity index (χ4v) is 1.04. The van der Waals surface area contributed by atoms with E-state index in [0.717, 1.165) is 24.9 Å². The van der Waals surface area contributed by atoms with Gasteiger partial charge in [-0.1, -0.05) is 20.8 Å². The Kier molecular flexibility index (Phi) is 6.39. The van der Waals surface area contributed by atoms with Crippen LogP contribution in [0.25, 0.3) is 0 Å². The van der Waals surface area contributed by atoms with Crippen LogP contribution in [0, 0.1) is 11.8 Å². The monoisotopic (exact) mass is 173 g/mol. The van der Waals surface area contributed by atoms with E-state index in [4.69, 9.17) is 5.11 Å². The van der Waals surface area contributed by atoms with Crippen molar-refractivity contribution in [1.29, 1.82) is 0 Å². The van der Waals surface area contributed by atoms with Crippen LogP contribution in [-0.2, 0) is 0 Å². The number of hydrogen-bond donors (Lipinski definition) is 1. The molecule has 0 aromatic rings. The lowest BCUT2D eigenvalue weighted by Gasteiger charge is -2.20. The molecule has 2 nitrogen and oxygen atoms in total. The van der Waals surface area contributed by atoms with Crippen molar-refractivity contribution in [2.45, 2.75) is 27.2 Å². The summed E-state index contributed by atoms with van der Waals surface area (Å²) in [7, 11) is 2.06. The Hall–Kier alpha value is -0.0800. The Bertz CT molecular complexity index is 104. The first-order valence-corrected chi connectivity index (χ1v) is 4.87. The maximum absolute atomic E-state index is 8.67. The predicted octanol–water partition coefficient (Wildman–Crippen LogP) is 1.59. The van der Waals surface area contributed by atoms with Crippen LogP contribution in [-0.4, -0.2) is 36.8 Å². The highest BCUT2D eigenvalue weighted by atomic mass is 16.3. The fourth-order valence-electron chi connectivity index (χ4n) is 1.04. The number of nitrogens with zero attached hydrogens (tertiary/aromatic N) is 1. The third-order valence-electron chi connectivity index (χ3n) is 2.59. The van der Waals surface area contributed by atoms with Gasteiger partial charge < -0.3 is 10.0 Å². The molecule has 0 rings (SSSR count). The molecule has 1 N–H and O–H groups in total. The Balaban J connectivity index is 3.40. The molecule has 0 radical (unpaired) electrons. The first-order valence-electron chi connectivity index (χ1n) is 4.87. The molecule has 74 valence electrons. The summed E-state index contributed by atoms with van der Waals surface area (Å²) in [6.45, 7) is 8.97. The van der Waals surface area contributed by atoms with E-state index in [9.17, 15) is 0 Å². The standard InChI is InChI=1S/C10H23NO/c1-9(2)10(3)5-6-11(4)7-8-12/h9-10,12H,5-8H2,1-4H3. The lowest BCUT2D eigenvalue weighted by atomic mass is 9.95. The Morgan fingerprint density at radius 3 is 2.17 bits per heavy atom. The second kappa shape index (κ2) is 6.44. The van der Waals surface area contributed by atoms with E-state index in [0.29, 0.717) is 0 Å². The van der Waals surface area contributed by atoms with Crippen molar-refractivity contribution in [3.63, 3.8) is 0 Å². The van der Waals surface area contributed by atoms with Gasteiger partial charge in [0.2, 0.25) is 0 Å². The van der Waals surface area contributed by atoms with E-state index in [-0.39, 0.29) is 6.61 Å². The molecule has 0 heterocycles. The molecular weight excluding hydrogens is 150 g/mol. The maximum atomic E-state index is 8.67. The number of hydrogen-bond acceptors (Lipinski definition) is 2. The van der Waals surface area contributed by atoms with Gasteiger partial charge in [-0.25, -0.2) is 0 Å². The second-order valence-corrected chi connectivity index (χ2v) is 4.04. The third kappa shape index (κ3) is 5.56. The Morgan fingerprint density at radius 2 is 1.75 bits per heavy atom. The summed E-state index contributed by atoms with van der Waals surface area (Å²) in [5.74, 6) is 1.55. The molecule has 1 atom stereocenters. The SMILES string of the molecule is CC(C)C(C)CCN(C)CCO. The van der Waals surface area contributed by atoms with Gasteiger partial charge in [0.25, 0.3) is 0 Å². The van der Waals surface area contributed by atoms with Crippen LogP contribution in [0.15, 0.2) is 0 Å². The zero-order chi connectivity index (χ0) is 9.56. The molecule has 0 saturated heterocycles. The van der Waals surface area contributed by atoms with Gasteiger partial charge in [-0.15, -0.1) is 0 Å². The summed E-state index contributed by atoms with van der Waals surface area (Å²) < 4.78 is 0. The van der Waals surface area contributed by atoms with E-state index in [1.54, 1.807) is 0 Å². The van der Waals surface area contributed by atoms with E-state index >= 15 is 0 Å². The van der Waals surface area contributed by atoms with Gasteiger partial charge in [-0.2, -0.15) is 0 Å². The molecular formula is C10H23NO. The number of aliphatic hydroxyl groups excluding tert-OH is 1. The van der Waals surface area contributed by atoms with Crippen molar-refractivity contribution < 1.29 is 5.11 Å². The van der Waals surface area contributed by atoms with Gasteiger partial charge in [0.1, 0.15) is 0 Å². The highest BCUT2D eigenvalue weighted by Crippen LogP contribution is 2.13. The number of likely N-dealkylation sites (N-methyl/N-ethyl adjacent to an activating group) is 1. The van der Waals surface area contributed by atoms with E-state index in [1.807, 2.05) is 0 Å². The zero-order valence-corrected chi connectivity index (χ0v) is 8.88. The van der Waals surface area contributed by atoms with Gasteiger partial charge in [-0.3, -0.25) is 0 Å². The molecule has 1 unspecified atom stereocenters. The van der Waals surface area contributed by atoms with Crippen LogP contribution in [0.2, 0.25) is 0 Å². The van der Waals surface area contributed by atoms with Crippen molar-refractivity contribution in [2.24, 2.45) is 11.8 Å². The summed E-state index contributed by atoms with van der Waals surface area (Å²) >= 11 is 0. The molecule has 2 heteroatoms. The van der Waals surface area contributed by atoms with Gasteiger partial charge >= 0.3 is 0 Å². The minimum absolute atomic E-state index is 0.270. The zero-order valence-electron chi connectivity index (χ0n) is 8.88. The fraction of sp³-hybridized carbons (Fsp3) is 1.00. The molecule has 0 aromatic heterocycles. The van der Waals surface area contributed by atoms with Gasteiger partial charge in [0.15, 0.2) is 0 Å². The molecule has 0 fully saturated rings. The molecule has 0 amide bonds. The van der Waals surface area contributed by atoms with Crippen molar-refractivity contribution in [1.82, 2.24) is 4.90 Å². The highest BCUT2D eigenvalue weighted by Gasteiger charge is 2.07. The van der Waals surface area contributed by atoms with Crippen LogP contribution >= 0.6 is 0 Å². The highest BCUT2D eigenvalue weighted by molar-refractivity contribution is 4.60. The summed E-state index contributed by atoms with van der Waals surface area (Å²) in [6.07, 6.45) is 1.23. The van der Waals surface area contributed by atoms with Crippen molar-refractivity contribution in [3.8, 4) is 0 Å². The van der Waals surface area contributed by atoms with Crippen molar-refractivity contribution >= 4 is 0 Å². The van der Waals surface area contributed by atoms with Gasteiger partial charge in [-0.05, 0) is 31.8 Å². The first-order chi connectivity index (χ1) is 5.57. The smallest absolute Gasteiger partial charge is 0.0558 e. The van der Waals surface area contributed by atoms with Crippen LogP contribution < -0.4 is 0 Å². The van der Waals surface area contributed by atoms with E-state index < -0.39 is 0 Å².